The van der Waals surface area contributed by atoms with Gasteiger partial charge in [-0.05, 0) is 73.7 Å². The topological polar surface area (TPSA) is 96.4 Å². The Morgan fingerprint density at radius 2 is 1.89 bits per heavy atom. The maximum Gasteiger partial charge on any atom is 0.324 e. The number of carbonyl (C=O) groups excluding carboxylic acids is 2. The van der Waals surface area contributed by atoms with E-state index in [1.54, 1.807) is 12.3 Å². The van der Waals surface area contributed by atoms with E-state index in [2.05, 4.69) is 21.7 Å². The van der Waals surface area contributed by atoms with Crippen LogP contribution in [0.4, 0.5) is 5.69 Å². The minimum Gasteiger partial charge on any atom is -0.469 e. The molecule has 3 N–H and O–H groups in total. The molecule has 1 fully saturated rings. The molecule has 0 radical (unpaired) electrons. The summed E-state index contributed by atoms with van der Waals surface area (Å²) in [5, 5.41) is 7.64. The molecule has 0 aliphatic carbocycles. The molecule has 0 saturated carbocycles. The van der Waals surface area contributed by atoms with Gasteiger partial charge in [-0.2, -0.15) is 0 Å². The average molecular weight is 470 g/mol. The number of aromatic amines is 1. The Labute approximate surface area is 202 Å². The predicted molar refractivity (Wildman–Crippen MR) is 132 cm³/mol. The Hall–Kier alpha value is -3.84. The Morgan fingerprint density at radius 1 is 1.06 bits per heavy atom. The SMILES string of the molecule is CC(C)(C)OC(=O)[C@H]1N[C@H](c2ccc3[nH]ccc3c2)[C@]2(C(=O)Nc3ccccc32)[C@@H]1c1ccco1. The molecule has 1 amide bonds. The zero-order chi connectivity index (χ0) is 24.4. The molecule has 1 saturated heterocycles. The molecular weight excluding hydrogens is 442 g/mol. The van der Waals surface area contributed by atoms with Crippen LogP contribution in [-0.2, 0) is 19.7 Å². The highest BCUT2D eigenvalue weighted by Crippen LogP contribution is 2.59. The first-order valence-corrected chi connectivity index (χ1v) is 11.8. The number of hydrogen-bond acceptors (Lipinski definition) is 5. The Kier molecular flexibility index (Phi) is 4.70. The van der Waals surface area contributed by atoms with Gasteiger partial charge in [0, 0.05) is 17.4 Å². The number of para-hydroxylation sites is 1. The van der Waals surface area contributed by atoms with E-state index in [9.17, 15) is 9.59 Å². The molecule has 7 heteroatoms. The van der Waals surface area contributed by atoms with Crippen molar-refractivity contribution in [2.24, 2.45) is 0 Å². The Balaban J connectivity index is 1.60. The number of amides is 1. The molecule has 35 heavy (non-hydrogen) atoms. The molecule has 2 aliphatic rings. The largest absolute Gasteiger partial charge is 0.469 e. The standard InChI is InChI=1S/C28H27N3O4/c1-27(2,3)35-25(32)23-22(21-9-6-14-34-21)28(18-7-4-5-8-20(18)30-26(28)33)24(31-23)17-10-11-19-16(15-17)12-13-29-19/h4-15,22-24,29,31H,1-3H3,(H,30,33)/t22-,23+,24-,28-/m1/s1. The zero-order valence-corrected chi connectivity index (χ0v) is 19.8. The number of esters is 1. The van der Waals surface area contributed by atoms with Crippen molar-refractivity contribution < 1.29 is 18.7 Å². The third-order valence-electron chi connectivity index (χ3n) is 7.04. The molecule has 0 bridgehead atoms. The lowest BCUT2D eigenvalue weighted by Gasteiger charge is -2.34. The Morgan fingerprint density at radius 3 is 2.66 bits per heavy atom. The number of furan rings is 1. The van der Waals surface area contributed by atoms with Crippen LogP contribution in [0.3, 0.4) is 0 Å². The third kappa shape index (κ3) is 3.22. The molecule has 2 aromatic carbocycles. The van der Waals surface area contributed by atoms with Crippen LogP contribution in [0.5, 0.6) is 0 Å². The van der Waals surface area contributed by atoms with Crippen molar-refractivity contribution >= 4 is 28.5 Å². The summed E-state index contributed by atoms with van der Waals surface area (Å²) in [5.41, 5.74) is 1.69. The van der Waals surface area contributed by atoms with Crippen LogP contribution < -0.4 is 10.6 Å². The summed E-state index contributed by atoms with van der Waals surface area (Å²) < 4.78 is 11.7. The molecule has 1 spiro atoms. The second-order valence-electron chi connectivity index (χ2n) is 10.3. The summed E-state index contributed by atoms with van der Waals surface area (Å²) in [7, 11) is 0. The molecule has 4 heterocycles. The van der Waals surface area contributed by atoms with Gasteiger partial charge in [-0.1, -0.05) is 24.3 Å². The lowest BCUT2D eigenvalue weighted by atomic mass is 9.65. The van der Waals surface area contributed by atoms with E-state index in [0.29, 0.717) is 5.76 Å². The van der Waals surface area contributed by atoms with Gasteiger partial charge in [0.05, 0.1) is 18.2 Å². The molecule has 7 nitrogen and oxygen atoms in total. The van der Waals surface area contributed by atoms with Crippen molar-refractivity contribution in [2.45, 2.75) is 49.8 Å². The lowest BCUT2D eigenvalue weighted by molar-refractivity contribution is -0.157. The molecule has 2 aliphatic heterocycles. The molecular formula is C28H27N3O4. The first kappa shape index (κ1) is 21.7. The highest BCUT2D eigenvalue weighted by Gasteiger charge is 2.67. The van der Waals surface area contributed by atoms with Crippen molar-refractivity contribution in [3.63, 3.8) is 0 Å². The number of rotatable bonds is 3. The van der Waals surface area contributed by atoms with Gasteiger partial charge in [0.1, 0.15) is 22.8 Å². The van der Waals surface area contributed by atoms with E-state index in [1.165, 1.54) is 0 Å². The van der Waals surface area contributed by atoms with Crippen molar-refractivity contribution in [1.82, 2.24) is 10.3 Å². The summed E-state index contributed by atoms with van der Waals surface area (Å²) in [5.74, 6) is -0.646. The van der Waals surface area contributed by atoms with Crippen LogP contribution >= 0.6 is 0 Å². The predicted octanol–water partition coefficient (Wildman–Crippen LogP) is 4.79. The highest BCUT2D eigenvalue weighted by molar-refractivity contribution is 6.09. The minimum absolute atomic E-state index is 0.169. The fraction of sp³-hybridized carbons (Fsp3) is 0.286. The number of H-pyrrole nitrogens is 1. The van der Waals surface area contributed by atoms with E-state index in [1.807, 2.05) is 75.5 Å². The molecule has 6 rings (SSSR count). The van der Waals surface area contributed by atoms with E-state index >= 15 is 0 Å². The number of ether oxygens (including phenoxy) is 1. The van der Waals surface area contributed by atoms with Crippen LogP contribution in [0.1, 0.15) is 49.6 Å². The van der Waals surface area contributed by atoms with Gasteiger partial charge in [0.2, 0.25) is 5.91 Å². The molecule has 4 atom stereocenters. The Bertz CT molecular complexity index is 1430. The van der Waals surface area contributed by atoms with E-state index in [-0.39, 0.29) is 5.91 Å². The quantitative estimate of drug-likeness (QED) is 0.375. The van der Waals surface area contributed by atoms with Gasteiger partial charge >= 0.3 is 5.97 Å². The van der Waals surface area contributed by atoms with Gasteiger partial charge in [0.15, 0.2) is 0 Å². The third-order valence-corrected chi connectivity index (χ3v) is 7.04. The highest BCUT2D eigenvalue weighted by atomic mass is 16.6. The van der Waals surface area contributed by atoms with Crippen molar-refractivity contribution in [1.29, 1.82) is 0 Å². The van der Waals surface area contributed by atoms with Gasteiger partial charge in [-0.3, -0.25) is 14.9 Å². The summed E-state index contributed by atoms with van der Waals surface area (Å²) in [6, 6.07) is 18.1. The van der Waals surface area contributed by atoms with Crippen LogP contribution in [0.25, 0.3) is 10.9 Å². The number of carbonyl (C=O) groups is 2. The van der Waals surface area contributed by atoms with Gasteiger partial charge in [0.25, 0.3) is 0 Å². The summed E-state index contributed by atoms with van der Waals surface area (Å²) in [6.45, 7) is 5.52. The van der Waals surface area contributed by atoms with Gasteiger partial charge in [-0.15, -0.1) is 0 Å². The van der Waals surface area contributed by atoms with Crippen molar-refractivity contribution in [2.75, 3.05) is 5.32 Å². The number of hydrogen-bond donors (Lipinski definition) is 3. The normalized spacial score (nSPS) is 25.7. The van der Waals surface area contributed by atoms with E-state index < -0.39 is 35.0 Å². The zero-order valence-electron chi connectivity index (χ0n) is 19.8. The van der Waals surface area contributed by atoms with Crippen LogP contribution in [0, 0.1) is 0 Å². The maximum atomic E-state index is 14.1. The van der Waals surface area contributed by atoms with Gasteiger partial charge in [-0.25, -0.2) is 0 Å². The van der Waals surface area contributed by atoms with Crippen LogP contribution in [0.2, 0.25) is 0 Å². The lowest BCUT2D eigenvalue weighted by Crippen LogP contribution is -2.44. The van der Waals surface area contributed by atoms with Crippen LogP contribution in [0.15, 0.2) is 77.5 Å². The van der Waals surface area contributed by atoms with Crippen LogP contribution in [-0.4, -0.2) is 28.5 Å². The maximum absolute atomic E-state index is 14.1. The number of nitrogens with one attached hydrogen (secondary N) is 3. The monoisotopic (exact) mass is 469 g/mol. The first-order valence-electron chi connectivity index (χ1n) is 11.8. The molecule has 0 unspecified atom stereocenters. The second kappa shape index (κ2) is 7.58. The minimum atomic E-state index is -1.12. The number of benzene rings is 2. The van der Waals surface area contributed by atoms with Crippen molar-refractivity contribution in [3.8, 4) is 0 Å². The van der Waals surface area contributed by atoms with E-state index in [4.69, 9.17) is 9.15 Å². The van der Waals surface area contributed by atoms with E-state index in [0.717, 1.165) is 27.7 Å². The number of fused-ring (bicyclic) bond motifs is 3. The molecule has 178 valence electrons. The fourth-order valence-electron chi connectivity index (χ4n) is 5.78. The first-order chi connectivity index (χ1) is 16.8. The average Bonchev–Trinajstić information content (AvgIpc) is 3.59. The summed E-state index contributed by atoms with van der Waals surface area (Å²) in [4.78, 5) is 30.9. The number of anilines is 1. The smallest absolute Gasteiger partial charge is 0.324 e. The number of aromatic nitrogens is 1. The van der Waals surface area contributed by atoms with Crippen molar-refractivity contribution in [3.05, 3.63) is 90.0 Å². The summed E-state index contributed by atoms with van der Waals surface area (Å²) in [6.07, 6.45) is 3.46. The molecule has 4 aromatic rings. The van der Waals surface area contributed by atoms with Gasteiger partial charge < -0.3 is 19.5 Å². The second-order valence-corrected chi connectivity index (χ2v) is 10.3. The fourth-order valence-corrected chi connectivity index (χ4v) is 5.78. The molecule has 2 aromatic heterocycles. The summed E-state index contributed by atoms with van der Waals surface area (Å²) >= 11 is 0.